The van der Waals surface area contributed by atoms with Gasteiger partial charge in [-0.25, -0.2) is 4.98 Å². The zero-order valence-electron chi connectivity index (χ0n) is 31.2. The van der Waals surface area contributed by atoms with E-state index in [1.807, 2.05) is 12.1 Å². The summed E-state index contributed by atoms with van der Waals surface area (Å²) in [5.41, 5.74) is 12.7. The summed E-state index contributed by atoms with van der Waals surface area (Å²) in [6.45, 7) is 0. The fraction of sp³-hybridized carbons (Fsp3) is 0. The van der Waals surface area contributed by atoms with E-state index in [-0.39, 0.29) is 0 Å². The number of aromatic nitrogens is 2. The van der Waals surface area contributed by atoms with Crippen molar-refractivity contribution in [2.75, 3.05) is 4.90 Å². The van der Waals surface area contributed by atoms with Crippen LogP contribution in [0.4, 0.5) is 17.1 Å². The minimum Gasteiger partial charge on any atom is -0.454 e. The van der Waals surface area contributed by atoms with Crippen molar-refractivity contribution in [2.24, 2.45) is 0 Å². The van der Waals surface area contributed by atoms with Gasteiger partial charge in [0.25, 0.3) is 0 Å². The van der Waals surface area contributed by atoms with E-state index in [1.54, 1.807) is 11.3 Å². The third kappa shape index (κ3) is 5.04. The molecule has 0 bridgehead atoms. The summed E-state index contributed by atoms with van der Waals surface area (Å²) < 4.78 is 10.4. The number of benzene rings is 9. The highest BCUT2D eigenvalue weighted by atomic mass is 32.1. The monoisotopic (exact) mass is 759 g/mol. The van der Waals surface area contributed by atoms with Crippen molar-refractivity contribution in [1.29, 1.82) is 0 Å². The standard InChI is InChI=1S/C53H33N3OS/c1-3-16-34(17-4-1)53-54-45-28-14-26-38(52(45)58-53)35-18-13-21-37(32-35)55(47-30-15-27-43-41-24-10-12-31-49(41)57-51(43)47)48-33-44-40-23-9-11-29-46(40)56(36-19-5-2-6-20-36)50(44)42-25-8-7-22-39(42)48/h1-33H. The average Bonchev–Trinajstić information content (AvgIpc) is 4.00. The second-order valence-electron chi connectivity index (χ2n) is 14.7. The SMILES string of the molecule is c1ccc(-c2nc3cccc(-c4cccc(N(c5cc6c7ccccc7n(-c7ccccc7)c6c6ccccc56)c5cccc6c5oc5ccccc56)c4)c3s2)cc1. The molecule has 4 nitrogen and oxygen atoms in total. The van der Waals surface area contributed by atoms with E-state index < -0.39 is 0 Å². The predicted molar refractivity (Wildman–Crippen MR) is 244 cm³/mol. The second kappa shape index (κ2) is 13.1. The van der Waals surface area contributed by atoms with Crippen LogP contribution < -0.4 is 4.90 Å². The lowest BCUT2D eigenvalue weighted by Gasteiger charge is -2.28. The number of nitrogens with zero attached hydrogens (tertiary/aromatic N) is 3. The molecule has 0 amide bonds. The van der Waals surface area contributed by atoms with Gasteiger partial charge < -0.3 is 13.9 Å². The maximum Gasteiger partial charge on any atom is 0.159 e. The van der Waals surface area contributed by atoms with Crippen LogP contribution >= 0.6 is 11.3 Å². The van der Waals surface area contributed by atoms with Gasteiger partial charge in [0.1, 0.15) is 10.6 Å². The zero-order valence-corrected chi connectivity index (χ0v) is 32.0. The quantitative estimate of drug-likeness (QED) is 0.169. The van der Waals surface area contributed by atoms with Gasteiger partial charge in [-0.1, -0.05) is 146 Å². The Morgan fingerprint density at radius 2 is 1.16 bits per heavy atom. The molecule has 58 heavy (non-hydrogen) atoms. The Labute approximate surface area is 338 Å². The summed E-state index contributed by atoms with van der Waals surface area (Å²) in [6, 6.07) is 71.4. The minimum atomic E-state index is 0.849. The van der Waals surface area contributed by atoms with Crippen molar-refractivity contribution in [3.05, 3.63) is 200 Å². The number of fused-ring (bicyclic) bond motifs is 9. The third-order valence-corrected chi connectivity index (χ3v) is 12.5. The summed E-state index contributed by atoms with van der Waals surface area (Å²) in [4.78, 5) is 7.49. The number of hydrogen-bond donors (Lipinski definition) is 0. The lowest BCUT2D eigenvalue weighted by molar-refractivity contribution is 0.669. The molecular weight excluding hydrogens is 727 g/mol. The van der Waals surface area contributed by atoms with E-state index in [0.717, 1.165) is 77.3 Å². The third-order valence-electron chi connectivity index (χ3n) is 11.4. The molecule has 0 aliphatic carbocycles. The highest BCUT2D eigenvalue weighted by molar-refractivity contribution is 7.22. The lowest BCUT2D eigenvalue weighted by atomic mass is 10.00. The Kier molecular flexibility index (Phi) is 7.37. The molecule has 3 heterocycles. The Hall–Kier alpha value is -7.47. The normalized spacial score (nSPS) is 11.8. The first-order chi connectivity index (χ1) is 28.8. The number of hydrogen-bond acceptors (Lipinski definition) is 4. The van der Waals surface area contributed by atoms with Crippen LogP contribution in [0.15, 0.2) is 205 Å². The van der Waals surface area contributed by atoms with E-state index >= 15 is 0 Å². The van der Waals surface area contributed by atoms with Crippen LogP contribution in [-0.2, 0) is 0 Å². The molecule has 272 valence electrons. The second-order valence-corrected chi connectivity index (χ2v) is 15.7. The van der Waals surface area contributed by atoms with Crippen molar-refractivity contribution in [3.8, 4) is 27.4 Å². The molecule has 0 atom stereocenters. The highest BCUT2D eigenvalue weighted by Gasteiger charge is 2.25. The minimum absolute atomic E-state index is 0.849. The average molecular weight is 760 g/mol. The van der Waals surface area contributed by atoms with E-state index in [2.05, 4.69) is 198 Å². The molecule has 0 saturated carbocycles. The molecule has 5 heteroatoms. The molecule has 0 fully saturated rings. The van der Waals surface area contributed by atoms with E-state index in [0.29, 0.717) is 0 Å². The molecule has 0 spiro atoms. The molecule has 3 aromatic heterocycles. The van der Waals surface area contributed by atoms with E-state index in [1.165, 1.54) is 31.9 Å². The van der Waals surface area contributed by atoms with Gasteiger partial charge in [-0.3, -0.25) is 0 Å². The molecule has 12 rings (SSSR count). The Balaban J connectivity index is 1.15. The summed E-state index contributed by atoms with van der Waals surface area (Å²) in [6.07, 6.45) is 0. The number of rotatable bonds is 6. The first kappa shape index (κ1) is 32.7. The largest absolute Gasteiger partial charge is 0.454 e. The molecule has 0 aliphatic rings. The first-order valence-electron chi connectivity index (χ1n) is 19.5. The van der Waals surface area contributed by atoms with Gasteiger partial charge in [-0.05, 0) is 60.2 Å². The zero-order chi connectivity index (χ0) is 38.2. The van der Waals surface area contributed by atoms with Crippen LogP contribution in [0, 0.1) is 0 Å². The number of furan rings is 1. The van der Waals surface area contributed by atoms with Crippen LogP contribution in [0.2, 0.25) is 0 Å². The molecule has 9 aromatic carbocycles. The highest BCUT2D eigenvalue weighted by Crippen LogP contribution is 2.49. The van der Waals surface area contributed by atoms with Crippen LogP contribution in [0.3, 0.4) is 0 Å². The maximum atomic E-state index is 6.80. The number of anilines is 3. The van der Waals surface area contributed by atoms with Crippen molar-refractivity contribution in [2.45, 2.75) is 0 Å². The van der Waals surface area contributed by atoms with Gasteiger partial charge in [-0.15, -0.1) is 11.3 Å². The maximum absolute atomic E-state index is 6.80. The van der Waals surface area contributed by atoms with Crippen LogP contribution in [0.25, 0.3) is 92.1 Å². The Bertz CT molecular complexity index is 3530. The molecular formula is C53H33N3OS. The summed E-state index contributed by atoms with van der Waals surface area (Å²) >= 11 is 1.75. The smallest absolute Gasteiger partial charge is 0.159 e. The fourth-order valence-corrected chi connectivity index (χ4v) is 9.95. The molecule has 0 N–H and O–H groups in total. The van der Waals surface area contributed by atoms with Crippen LogP contribution in [0.5, 0.6) is 0 Å². The number of thiazole rings is 1. The summed E-state index contributed by atoms with van der Waals surface area (Å²) in [7, 11) is 0. The lowest BCUT2D eigenvalue weighted by Crippen LogP contribution is -2.11. The van der Waals surface area contributed by atoms with Crippen molar-refractivity contribution < 1.29 is 4.42 Å². The summed E-state index contributed by atoms with van der Waals surface area (Å²) in [5.74, 6) is 0. The van der Waals surface area contributed by atoms with Crippen molar-refractivity contribution >= 4 is 93.1 Å². The Morgan fingerprint density at radius 3 is 2.02 bits per heavy atom. The molecule has 0 unspecified atom stereocenters. The topological polar surface area (TPSA) is 34.2 Å². The predicted octanol–water partition coefficient (Wildman–Crippen LogP) is 15.2. The van der Waals surface area contributed by atoms with Gasteiger partial charge in [-0.2, -0.15) is 0 Å². The van der Waals surface area contributed by atoms with Crippen molar-refractivity contribution in [3.63, 3.8) is 0 Å². The van der Waals surface area contributed by atoms with Gasteiger partial charge in [0.05, 0.1) is 32.6 Å². The molecule has 0 aliphatic heterocycles. The Morgan fingerprint density at radius 1 is 0.483 bits per heavy atom. The van der Waals surface area contributed by atoms with Crippen LogP contribution in [-0.4, -0.2) is 9.55 Å². The number of para-hydroxylation sites is 4. The van der Waals surface area contributed by atoms with E-state index in [4.69, 9.17) is 9.40 Å². The van der Waals surface area contributed by atoms with Crippen molar-refractivity contribution in [1.82, 2.24) is 9.55 Å². The van der Waals surface area contributed by atoms with Gasteiger partial charge in [0.2, 0.25) is 0 Å². The molecule has 0 radical (unpaired) electrons. The fourth-order valence-electron chi connectivity index (χ4n) is 8.84. The summed E-state index contributed by atoms with van der Waals surface area (Å²) in [5, 5.41) is 7.92. The first-order valence-corrected chi connectivity index (χ1v) is 20.4. The van der Waals surface area contributed by atoms with E-state index in [9.17, 15) is 0 Å². The van der Waals surface area contributed by atoms with Crippen LogP contribution in [0.1, 0.15) is 0 Å². The van der Waals surface area contributed by atoms with Gasteiger partial charge in [0.15, 0.2) is 5.58 Å². The molecule has 12 aromatic rings. The van der Waals surface area contributed by atoms with Gasteiger partial charge >= 0.3 is 0 Å². The molecule has 0 saturated heterocycles. The van der Waals surface area contributed by atoms with Gasteiger partial charge in [0, 0.05) is 54.8 Å².